The van der Waals surface area contributed by atoms with Gasteiger partial charge in [-0.15, -0.1) is 10.2 Å². The van der Waals surface area contributed by atoms with E-state index >= 15 is 0 Å². The van der Waals surface area contributed by atoms with Gasteiger partial charge in [-0.3, -0.25) is 4.40 Å². The fraction of sp³-hybridized carbons (Fsp3) is 0.174. The standard InChI is InChI=1S/C23H22N4/c1-15-5-9-19(10-6-15)22-23(27-14-16(2)7-12-21(27)24-22)26-25-20-11-8-17(3)18(4)13-20/h5-14H,1-4H3. The van der Waals surface area contributed by atoms with Crippen LogP contribution in [-0.2, 0) is 0 Å². The van der Waals surface area contributed by atoms with Gasteiger partial charge in [-0.1, -0.05) is 42.0 Å². The number of fused-ring (bicyclic) bond motifs is 1. The average Bonchev–Trinajstić information content (AvgIpc) is 3.01. The van der Waals surface area contributed by atoms with Crippen LogP contribution in [0, 0.1) is 27.7 Å². The van der Waals surface area contributed by atoms with Crippen molar-refractivity contribution in [1.82, 2.24) is 9.38 Å². The average molecular weight is 354 g/mol. The van der Waals surface area contributed by atoms with Crippen molar-refractivity contribution in [1.29, 1.82) is 0 Å². The number of aromatic nitrogens is 2. The Morgan fingerprint density at radius 2 is 1.48 bits per heavy atom. The Bertz CT molecular complexity index is 1150. The summed E-state index contributed by atoms with van der Waals surface area (Å²) in [6.45, 7) is 8.33. The summed E-state index contributed by atoms with van der Waals surface area (Å²) in [6, 6.07) is 18.5. The highest BCUT2D eigenvalue weighted by Gasteiger charge is 2.14. The number of hydrogen-bond donors (Lipinski definition) is 0. The van der Waals surface area contributed by atoms with Crippen molar-refractivity contribution in [3.63, 3.8) is 0 Å². The topological polar surface area (TPSA) is 42.0 Å². The highest BCUT2D eigenvalue weighted by atomic mass is 15.2. The number of benzene rings is 2. The quantitative estimate of drug-likeness (QED) is 0.380. The first-order chi connectivity index (χ1) is 13.0. The van der Waals surface area contributed by atoms with Crippen LogP contribution in [0.2, 0.25) is 0 Å². The molecule has 4 nitrogen and oxygen atoms in total. The summed E-state index contributed by atoms with van der Waals surface area (Å²) in [5, 5.41) is 9.10. The highest BCUT2D eigenvalue weighted by molar-refractivity contribution is 5.74. The predicted octanol–water partition coefficient (Wildman–Crippen LogP) is 6.65. The summed E-state index contributed by atoms with van der Waals surface area (Å²) in [4.78, 5) is 4.81. The summed E-state index contributed by atoms with van der Waals surface area (Å²) in [7, 11) is 0. The maximum atomic E-state index is 4.81. The van der Waals surface area contributed by atoms with Crippen molar-refractivity contribution < 1.29 is 0 Å². The van der Waals surface area contributed by atoms with Crippen LogP contribution in [0.4, 0.5) is 11.5 Å². The summed E-state index contributed by atoms with van der Waals surface area (Å²) < 4.78 is 2.01. The summed E-state index contributed by atoms with van der Waals surface area (Å²) >= 11 is 0. The van der Waals surface area contributed by atoms with Gasteiger partial charge in [0.25, 0.3) is 0 Å². The molecule has 0 amide bonds. The molecule has 0 fully saturated rings. The van der Waals surface area contributed by atoms with Crippen molar-refractivity contribution in [2.24, 2.45) is 10.2 Å². The second-order valence-electron chi connectivity index (χ2n) is 7.05. The SMILES string of the molecule is Cc1ccc(-c2nc3ccc(C)cn3c2N=Nc2ccc(C)c(C)c2)cc1. The Morgan fingerprint density at radius 3 is 2.22 bits per heavy atom. The van der Waals surface area contributed by atoms with Gasteiger partial charge in [-0.25, -0.2) is 4.98 Å². The lowest BCUT2D eigenvalue weighted by Gasteiger charge is -2.02. The van der Waals surface area contributed by atoms with E-state index in [-0.39, 0.29) is 0 Å². The number of azo groups is 1. The van der Waals surface area contributed by atoms with Crippen molar-refractivity contribution in [3.05, 3.63) is 83.0 Å². The van der Waals surface area contributed by atoms with E-state index in [2.05, 4.69) is 86.6 Å². The third kappa shape index (κ3) is 3.38. The second-order valence-corrected chi connectivity index (χ2v) is 7.05. The molecule has 0 spiro atoms. The fourth-order valence-electron chi connectivity index (χ4n) is 3.03. The summed E-state index contributed by atoms with van der Waals surface area (Å²) in [5.41, 5.74) is 8.42. The minimum atomic E-state index is 0.746. The van der Waals surface area contributed by atoms with Gasteiger partial charge in [0.05, 0.1) is 5.69 Å². The smallest absolute Gasteiger partial charge is 0.187 e. The van der Waals surface area contributed by atoms with Gasteiger partial charge >= 0.3 is 0 Å². The van der Waals surface area contributed by atoms with E-state index in [1.54, 1.807) is 0 Å². The zero-order valence-electron chi connectivity index (χ0n) is 16.1. The van der Waals surface area contributed by atoms with Gasteiger partial charge in [-0.2, -0.15) is 0 Å². The highest BCUT2D eigenvalue weighted by Crippen LogP contribution is 2.33. The molecule has 0 saturated carbocycles. The Morgan fingerprint density at radius 1 is 0.741 bits per heavy atom. The van der Waals surface area contributed by atoms with Crippen molar-refractivity contribution in [2.45, 2.75) is 27.7 Å². The first kappa shape index (κ1) is 17.2. The van der Waals surface area contributed by atoms with Crippen LogP contribution in [-0.4, -0.2) is 9.38 Å². The van der Waals surface area contributed by atoms with Gasteiger partial charge < -0.3 is 0 Å². The molecular formula is C23H22N4. The Balaban J connectivity index is 1.87. The van der Waals surface area contributed by atoms with E-state index in [1.165, 1.54) is 16.7 Å². The van der Waals surface area contributed by atoms with Crippen LogP contribution in [0.1, 0.15) is 22.3 Å². The largest absolute Gasteiger partial charge is 0.282 e. The normalized spacial score (nSPS) is 11.6. The van der Waals surface area contributed by atoms with Gasteiger partial charge in [-0.05, 0) is 62.6 Å². The molecule has 0 atom stereocenters. The monoisotopic (exact) mass is 354 g/mol. The zero-order chi connectivity index (χ0) is 19.0. The Hall–Kier alpha value is -3.27. The number of rotatable bonds is 3. The molecule has 0 saturated heterocycles. The molecule has 4 heteroatoms. The third-order valence-electron chi connectivity index (χ3n) is 4.82. The lowest BCUT2D eigenvalue weighted by Crippen LogP contribution is -1.85. The molecule has 0 aliphatic carbocycles. The van der Waals surface area contributed by atoms with E-state index in [0.29, 0.717) is 0 Å². The van der Waals surface area contributed by atoms with Gasteiger partial charge in [0, 0.05) is 11.8 Å². The maximum Gasteiger partial charge on any atom is 0.187 e. The van der Waals surface area contributed by atoms with Crippen LogP contribution in [0.5, 0.6) is 0 Å². The maximum absolute atomic E-state index is 4.81. The number of pyridine rings is 1. The molecule has 2 aromatic carbocycles. The molecule has 2 aromatic heterocycles. The Labute approximate surface area is 159 Å². The molecule has 27 heavy (non-hydrogen) atoms. The molecule has 0 bridgehead atoms. The van der Waals surface area contributed by atoms with Crippen LogP contribution < -0.4 is 0 Å². The first-order valence-corrected chi connectivity index (χ1v) is 9.06. The zero-order valence-corrected chi connectivity index (χ0v) is 16.1. The minimum absolute atomic E-state index is 0.746. The molecule has 0 unspecified atom stereocenters. The molecule has 4 rings (SSSR count). The van der Waals surface area contributed by atoms with Crippen LogP contribution in [0.3, 0.4) is 0 Å². The molecule has 0 N–H and O–H groups in total. The molecule has 134 valence electrons. The van der Waals surface area contributed by atoms with Gasteiger partial charge in [0.15, 0.2) is 5.82 Å². The minimum Gasteiger partial charge on any atom is -0.282 e. The molecular weight excluding hydrogens is 332 g/mol. The predicted molar refractivity (Wildman–Crippen MR) is 110 cm³/mol. The number of aryl methyl sites for hydroxylation is 4. The third-order valence-corrected chi connectivity index (χ3v) is 4.82. The molecule has 0 radical (unpaired) electrons. The van der Waals surface area contributed by atoms with E-state index < -0.39 is 0 Å². The van der Waals surface area contributed by atoms with Crippen LogP contribution in [0.25, 0.3) is 16.9 Å². The van der Waals surface area contributed by atoms with E-state index in [0.717, 1.165) is 34.0 Å². The number of hydrogen-bond acceptors (Lipinski definition) is 3. The summed E-state index contributed by atoms with van der Waals surface area (Å²) in [6.07, 6.45) is 2.05. The lowest BCUT2D eigenvalue weighted by atomic mass is 10.1. The number of imidazole rings is 1. The molecule has 4 aromatic rings. The second kappa shape index (κ2) is 6.80. The van der Waals surface area contributed by atoms with E-state index in [9.17, 15) is 0 Å². The molecule has 2 heterocycles. The van der Waals surface area contributed by atoms with Crippen molar-refractivity contribution in [3.8, 4) is 11.3 Å². The fourth-order valence-corrected chi connectivity index (χ4v) is 3.03. The first-order valence-electron chi connectivity index (χ1n) is 9.06. The van der Waals surface area contributed by atoms with E-state index in [1.807, 2.05) is 16.5 Å². The van der Waals surface area contributed by atoms with Gasteiger partial charge in [0.1, 0.15) is 11.3 Å². The number of nitrogens with zero attached hydrogens (tertiary/aromatic N) is 4. The van der Waals surface area contributed by atoms with Crippen molar-refractivity contribution >= 4 is 17.2 Å². The van der Waals surface area contributed by atoms with Crippen LogP contribution >= 0.6 is 0 Å². The van der Waals surface area contributed by atoms with Crippen molar-refractivity contribution in [2.75, 3.05) is 0 Å². The summed E-state index contributed by atoms with van der Waals surface area (Å²) in [5.74, 6) is 0.746. The van der Waals surface area contributed by atoms with Gasteiger partial charge in [0.2, 0.25) is 0 Å². The lowest BCUT2D eigenvalue weighted by molar-refractivity contribution is 1.09. The van der Waals surface area contributed by atoms with E-state index in [4.69, 9.17) is 4.98 Å². The molecule has 0 aliphatic rings. The van der Waals surface area contributed by atoms with Crippen LogP contribution in [0.15, 0.2) is 71.0 Å². The Kier molecular flexibility index (Phi) is 4.32. The molecule has 0 aliphatic heterocycles.